The van der Waals surface area contributed by atoms with Crippen LogP contribution in [0.1, 0.15) is 18.1 Å². The van der Waals surface area contributed by atoms with E-state index >= 15 is 0 Å². The van der Waals surface area contributed by atoms with Gasteiger partial charge in [-0.25, -0.2) is 4.98 Å². The van der Waals surface area contributed by atoms with Crippen molar-refractivity contribution in [3.05, 3.63) is 23.4 Å². The van der Waals surface area contributed by atoms with Gasteiger partial charge in [0, 0.05) is 17.5 Å². The average Bonchev–Trinajstić information content (AvgIpc) is 1.94. The fourth-order valence-corrected chi connectivity index (χ4v) is 0.880. The molecule has 0 amide bonds. The van der Waals surface area contributed by atoms with Crippen molar-refractivity contribution >= 4 is 11.5 Å². The summed E-state index contributed by atoms with van der Waals surface area (Å²) in [6.45, 7) is 3.63. The lowest BCUT2D eigenvalue weighted by Crippen LogP contribution is -2.02. The van der Waals surface area contributed by atoms with Crippen LogP contribution in [-0.2, 0) is 0 Å². The number of nitrogen functional groups attached to an aromatic ring is 1. The van der Waals surface area contributed by atoms with E-state index in [9.17, 15) is 0 Å². The van der Waals surface area contributed by atoms with E-state index in [2.05, 4.69) is 4.98 Å². The largest absolute Gasteiger partial charge is 0.383 e. The first-order chi connectivity index (χ1) is 5.11. The summed E-state index contributed by atoms with van der Waals surface area (Å²) in [5, 5.41) is 7.35. The number of hydrogen-bond donors (Lipinski definition) is 2. The Morgan fingerprint density at radius 1 is 1.64 bits per heavy atom. The first kappa shape index (κ1) is 7.72. The second-order valence-corrected chi connectivity index (χ2v) is 2.57. The highest BCUT2D eigenvalue weighted by atomic mass is 14.8. The summed E-state index contributed by atoms with van der Waals surface area (Å²) in [7, 11) is 0. The van der Waals surface area contributed by atoms with Gasteiger partial charge in [-0.05, 0) is 25.5 Å². The van der Waals surface area contributed by atoms with Gasteiger partial charge in [-0.3, -0.25) is 0 Å². The summed E-state index contributed by atoms with van der Waals surface area (Å²) < 4.78 is 0. The van der Waals surface area contributed by atoms with Crippen molar-refractivity contribution < 1.29 is 0 Å². The molecular formula is C8H11N3. The molecule has 1 rings (SSSR count). The molecular weight excluding hydrogens is 138 g/mol. The van der Waals surface area contributed by atoms with Crippen LogP contribution in [0.5, 0.6) is 0 Å². The molecule has 0 aromatic carbocycles. The fraction of sp³-hybridized carbons (Fsp3) is 0.250. The molecule has 58 valence electrons. The van der Waals surface area contributed by atoms with E-state index in [1.165, 1.54) is 0 Å². The van der Waals surface area contributed by atoms with Gasteiger partial charge in [0.2, 0.25) is 0 Å². The van der Waals surface area contributed by atoms with Gasteiger partial charge >= 0.3 is 0 Å². The Morgan fingerprint density at radius 3 is 2.73 bits per heavy atom. The Hall–Kier alpha value is -1.38. The SMILES string of the molecule is CC(=N)c1cc(C)cnc1N. The fourth-order valence-electron chi connectivity index (χ4n) is 0.880. The first-order valence-electron chi connectivity index (χ1n) is 3.39. The maximum atomic E-state index is 7.35. The van der Waals surface area contributed by atoms with Gasteiger partial charge in [0.1, 0.15) is 5.82 Å². The van der Waals surface area contributed by atoms with E-state index in [0.717, 1.165) is 11.1 Å². The third kappa shape index (κ3) is 1.55. The number of pyridine rings is 1. The maximum Gasteiger partial charge on any atom is 0.132 e. The Kier molecular flexibility index (Phi) is 1.89. The van der Waals surface area contributed by atoms with Crippen LogP contribution < -0.4 is 5.73 Å². The van der Waals surface area contributed by atoms with Gasteiger partial charge in [-0.2, -0.15) is 0 Å². The molecule has 1 heterocycles. The highest BCUT2D eigenvalue weighted by molar-refractivity contribution is 6.00. The molecule has 0 aliphatic rings. The van der Waals surface area contributed by atoms with Crippen LogP contribution in [0.4, 0.5) is 5.82 Å². The van der Waals surface area contributed by atoms with Crippen LogP contribution in [0, 0.1) is 12.3 Å². The van der Waals surface area contributed by atoms with E-state index in [0.29, 0.717) is 11.5 Å². The molecule has 3 N–H and O–H groups in total. The third-order valence-electron chi connectivity index (χ3n) is 1.46. The molecule has 0 fully saturated rings. The van der Waals surface area contributed by atoms with Crippen molar-refractivity contribution in [2.45, 2.75) is 13.8 Å². The summed E-state index contributed by atoms with van der Waals surface area (Å²) in [5.74, 6) is 0.433. The minimum atomic E-state index is 0.433. The van der Waals surface area contributed by atoms with Gasteiger partial charge in [0.15, 0.2) is 0 Å². The van der Waals surface area contributed by atoms with Gasteiger partial charge < -0.3 is 11.1 Å². The molecule has 0 bridgehead atoms. The molecule has 0 spiro atoms. The van der Waals surface area contributed by atoms with Crippen LogP contribution in [0.25, 0.3) is 0 Å². The molecule has 11 heavy (non-hydrogen) atoms. The van der Waals surface area contributed by atoms with Crippen molar-refractivity contribution in [1.29, 1.82) is 5.41 Å². The topological polar surface area (TPSA) is 62.8 Å². The molecule has 0 saturated heterocycles. The molecule has 0 saturated carbocycles. The number of nitrogens with two attached hydrogens (primary N) is 1. The highest BCUT2D eigenvalue weighted by Gasteiger charge is 2.01. The molecule has 3 nitrogen and oxygen atoms in total. The first-order valence-corrected chi connectivity index (χ1v) is 3.39. The number of nitrogens with zero attached hydrogens (tertiary/aromatic N) is 1. The Bertz CT molecular complexity index is 291. The number of anilines is 1. The Morgan fingerprint density at radius 2 is 2.27 bits per heavy atom. The van der Waals surface area contributed by atoms with Gasteiger partial charge in [0.05, 0.1) is 0 Å². The number of nitrogens with one attached hydrogen (secondary N) is 1. The summed E-state index contributed by atoms with van der Waals surface area (Å²) in [6.07, 6.45) is 1.70. The minimum absolute atomic E-state index is 0.433. The minimum Gasteiger partial charge on any atom is -0.383 e. The predicted octanol–water partition coefficient (Wildman–Crippen LogP) is 1.36. The smallest absolute Gasteiger partial charge is 0.132 e. The van der Waals surface area contributed by atoms with Crippen molar-refractivity contribution in [2.75, 3.05) is 5.73 Å². The van der Waals surface area contributed by atoms with Gasteiger partial charge in [-0.1, -0.05) is 0 Å². The summed E-state index contributed by atoms with van der Waals surface area (Å²) in [6, 6.07) is 1.87. The quantitative estimate of drug-likeness (QED) is 0.592. The van der Waals surface area contributed by atoms with Crippen LogP contribution in [0.2, 0.25) is 0 Å². The number of aromatic nitrogens is 1. The maximum absolute atomic E-state index is 7.35. The number of aryl methyl sites for hydroxylation is 1. The molecule has 0 radical (unpaired) electrons. The lowest BCUT2D eigenvalue weighted by atomic mass is 10.1. The van der Waals surface area contributed by atoms with E-state index < -0.39 is 0 Å². The third-order valence-corrected chi connectivity index (χ3v) is 1.46. The second kappa shape index (κ2) is 2.70. The molecule has 3 heteroatoms. The van der Waals surface area contributed by atoms with Crippen LogP contribution in [-0.4, -0.2) is 10.7 Å². The highest BCUT2D eigenvalue weighted by Crippen LogP contribution is 2.09. The van der Waals surface area contributed by atoms with E-state index in [4.69, 9.17) is 11.1 Å². The van der Waals surface area contributed by atoms with Crippen LogP contribution in [0.15, 0.2) is 12.3 Å². The molecule has 0 aliphatic heterocycles. The van der Waals surface area contributed by atoms with E-state index in [1.807, 2.05) is 13.0 Å². The summed E-state index contributed by atoms with van der Waals surface area (Å²) in [4.78, 5) is 3.94. The number of hydrogen-bond acceptors (Lipinski definition) is 3. The number of rotatable bonds is 1. The normalized spacial score (nSPS) is 9.64. The molecule has 1 aromatic heterocycles. The zero-order chi connectivity index (χ0) is 8.43. The Balaban J connectivity index is 3.23. The molecule has 0 atom stereocenters. The van der Waals surface area contributed by atoms with Crippen LogP contribution >= 0.6 is 0 Å². The van der Waals surface area contributed by atoms with E-state index in [-0.39, 0.29) is 0 Å². The lowest BCUT2D eigenvalue weighted by Gasteiger charge is -2.02. The van der Waals surface area contributed by atoms with E-state index in [1.54, 1.807) is 13.1 Å². The van der Waals surface area contributed by atoms with Crippen molar-refractivity contribution in [3.63, 3.8) is 0 Å². The van der Waals surface area contributed by atoms with Crippen molar-refractivity contribution in [2.24, 2.45) is 0 Å². The average molecular weight is 149 g/mol. The second-order valence-electron chi connectivity index (χ2n) is 2.57. The zero-order valence-corrected chi connectivity index (χ0v) is 6.68. The molecule has 0 aliphatic carbocycles. The molecule has 0 unspecified atom stereocenters. The van der Waals surface area contributed by atoms with Gasteiger partial charge in [-0.15, -0.1) is 0 Å². The lowest BCUT2D eigenvalue weighted by molar-refractivity contribution is 1.26. The zero-order valence-electron chi connectivity index (χ0n) is 6.68. The molecule has 1 aromatic rings. The predicted molar refractivity (Wildman–Crippen MR) is 45.9 cm³/mol. The van der Waals surface area contributed by atoms with Crippen LogP contribution in [0.3, 0.4) is 0 Å². The summed E-state index contributed by atoms with van der Waals surface area (Å²) in [5.41, 5.74) is 7.75. The van der Waals surface area contributed by atoms with Crippen molar-refractivity contribution in [1.82, 2.24) is 4.98 Å². The summed E-state index contributed by atoms with van der Waals surface area (Å²) >= 11 is 0. The monoisotopic (exact) mass is 149 g/mol. The van der Waals surface area contributed by atoms with Crippen molar-refractivity contribution in [3.8, 4) is 0 Å². The standard InChI is InChI=1S/C8H11N3/c1-5-3-7(6(2)9)8(10)11-4-5/h3-4,9H,1-2H3,(H2,10,11). The van der Waals surface area contributed by atoms with Gasteiger partial charge in [0.25, 0.3) is 0 Å². The Labute approximate surface area is 65.8 Å².